The second-order valence-electron chi connectivity index (χ2n) is 4.69. The molecule has 1 atom stereocenters. The van der Waals surface area contributed by atoms with E-state index >= 15 is 0 Å². The van der Waals surface area contributed by atoms with Gasteiger partial charge in [0.05, 0.1) is 11.3 Å². The molecule has 0 heterocycles. The number of ether oxygens (including phenoxy) is 1. The lowest BCUT2D eigenvalue weighted by Gasteiger charge is -2.27. The molecular weight excluding hydrogens is 205 g/mol. The highest BCUT2D eigenvalue weighted by atomic mass is 19.1. The molecule has 0 saturated carbocycles. The van der Waals surface area contributed by atoms with Gasteiger partial charge in [0.25, 0.3) is 0 Å². The summed E-state index contributed by atoms with van der Waals surface area (Å²) in [6.45, 7) is 6.06. The van der Waals surface area contributed by atoms with E-state index in [9.17, 15) is 4.39 Å². The van der Waals surface area contributed by atoms with Crippen LogP contribution in [0.25, 0.3) is 0 Å². The van der Waals surface area contributed by atoms with E-state index in [0.717, 1.165) is 6.42 Å². The molecule has 0 radical (unpaired) electrons. The zero-order valence-electron chi connectivity index (χ0n) is 10.4. The average molecular weight is 225 g/mol. The van der Waals surface area contributed by atoms with Gasteiger partial charge in [-0.2, -0.15) is 0 Å². The Labute approximate surface area is 96.8 Å². The van der Waals surface area contributed by atoms with Crippen molar-refractivity contribution in [2.45, 2.75) is 38.8 Å². The van der Waals surface area contributed by atoms with E-state index in [0.29, 0.717) is 5.69 Å². The number of methoxy groups -OCH3 is 1. The molecule has 16 heavy (non-hydrogen) atoms. The fourth-order valence-electron chi connectivity index (χ4n) is 1.72. The van der Waals surface area contributed by atoms with Crippen LogP contribution in [0.15, 0.2) is 24.3 Å². The van der Waals surface area contributed by atoms with Crippen LogP contribution < -0.4 is 5.32 Å². The largest absolute Gasteiger partial charge is 0.380 e. The molecule has 0 aliphatic heterocycles. The zero-order valence-corrected chi connectivity index (χ0v) is 10.4. The van der Waals surface area contributed by atoms with Gasteiger partial charge >= 0.3 is 0 Å². The zero-order chi connectivity index (χ0) is 12.2. The number of para-hydroxylation sites is 1. The second kappa shape index (κ2) is 5.30. The number of anilines is 1. The molecule has 1 unspecified atom stereocenters. The van der Waals surface area contributed by atoms with Crippen LogP contribution in [0.3, 0.4) is 0 Å². The summed E-state index contributed by atoms with van der Waals surface area (Å²) in [6, 6.07) is 6.86. The topological polar surface area (TPSA) is 21.3 Å². The van der Waals surface area contributed by atoms with E-state index in [1.54, 1.807) is 19.2 Å². The molecule has 1 rings (SSSR count). The van der Waals surface area contributed by atoms with Gasteiger partial charge in [-0.15, -0.1) is 0 Å². The first kappa shape index (κ1) is 13.0. The Morgan fingerprint density at radius 3 is 2.56 bits per heavy atom. The lowest BCUT2D eigenvalue weighted by molar-refractivity contribution is 0.0128. The highest BCUT2D eigenvalue weighted by Gasteiger charge is 2.20. The number of benzene rings is 1. The number of halogens is 1. The fraction of sp³-hybridized carbons (Fsp3) is 0.538. The minimum atomic E-state index is -0.218. The van der Waals surface area contributed by atoms with Crippen molar-refractivity contribution in [3.63, 3.8) is 0 Å². The lowest BCUT2D eigenvalue weighted by atomic mass is 9.99. The standard InChI is InChI=1S/C13H20FNO/c1-10(9-13(2,3)16-4)15-12-8-6-5-7-11(12)14/h5-8,10,15H,9H2,1-4H3. The third-order valence-electron chi connectivity index (χ3n) is 2.63. The average Bonchev–Trinajstić information content (AvgIpc) is 2.21. The normalized spacial score (nSPS) is 13.6. The highest BCUT2D eigenvalue weighted by Crippen LogP contribution is 2.20. The predicted molar refractivity (Wildman–Crippen MR) is 65.2 cm³/mol. The van der Waals surface area contributed by atoms with E-state index in [2.05, 4.69) is 5.32 Å². The SMILES string of the molecule is COC(C)(C)CC(C)Nc1ccccc1F. The molecule has 90 valence electrons. The van der Waals surface area contributed by atoms with Gasteiger partial charge in [-0.1, -0.05) is 12.1 Å². The number of rotatable bonds is 5. The first-order valence-corrected chi connectivity index (χ1v) is 5.51. The van der Waals surface area contributed by atoms with Crippen molar-refractivity contribution in [3.05, 3.63) is 30.1 Å². The maximum Gasteiger partial charge on any atom is 0.146 e. The monoisotopic (exact) mass is 225 g/mol. The van der Waals surface area contributed by atoms with E-state index < -0.39 is 0 Å². The van der Waals surface area contributed by atoms with Gasteiger partial charge in [-0.3, -0.25) is 0 Å². The van der Waals surface area contributed by atoms with E-state index in [1.165, 1.54) is 6.07 Å². The molecule has 2 nitrogen and oxygen atoms in total. The molecule has 0 spiro atoms. The van der Waals surface area contributed by atoms with Crippen molar-refractivity contribution in [2.75, 3.05) is 12.4 Å². The fourth-order valence-corrected chi connectivity index (χ4v) is 1.72. The molecule has 3 heteroatoms. The van der Waals surface area contributed by atoms with Gasteiger partial charge in [0.15, 0.2) is 0 Å². The molecule has 0 fully saturated rings. The second-order valence-corrected chi connectivity index (χ2v) is 4.69. The summed E-state index contributed by atoms with van der Waals surface area (Å²) in [5, 5.41) is 3.15. The Morgan fingerprint density at radius 2 is 2.00 bits per heavy atom. The van der Waals surface area contributed by atoms with E-state index in [-0.39, 0.29) is 17.5 Å². The first-order chi connectivity index (χ1) is 7.44. The summed E-state index contributed by atoms with van der Waals surface area (Å²) in [5.74, 6) is -0.218. The van der Waals surface area contributed by atoms with Crippen molar-refractivity contribution < 1.29 is 9.13 Å². The summed E-state index contributed by atoms with van der Waals surface area (Å²) in [7, 11) is 1.69. The molecule has 0 amide bonds. The van der Waals surface area contributed by atoms with Crippen LogP contribution in [0.5, 0.6) is 0 Å². The van der Waals surface area contributed by atoms with E-state index in [4.69, 9.17) is 4.74 Å². The van der Waals surface area contributed by atoms with Gasteiger partial charge in [0, 0.05) is 13.2 Å². The van der Waals surface area contributed by atoms with Crippen molar-refractivity contribution >= 4 is 5.69 Å². The van der Waals surface area contributed by atoms with Crippen molar-refractivity contribution in [1.82, 2.24) is 0 Å². The lowest BCUT2D eigenvalue weighted by Crippen LogP contribution is -2.31. The first-order valence-electron chi connectivity index (χ1n) is 5.51. The summed E-state index contributed by atoms with van der Waals surface area (Å²) in [4.78, 5) is 0. The van der Waals surface area contributed by atoms with Crippen molar-refractivity contribution in [2.24, 2.45) is 0 Å². The molecule has 1 aromatic carbocycles. The van der Waals surface area contributed by atoms with Crippen molar-refractivity contribution in [1.29, 1.82) is 0 Å². The van der Waals surface area contributed by atoms with Crippen LogP contribution in [-0.2, 0) is 4.74 Å². The Kier molecular flexibility index (Phi) is 4.30. The molecule has 1 aromatic rings. The van der Waals surface area contributed by atoms with Gasteiger partial charge in [-0.25, -0.2) is 4.39 Å². The van der Waals surface area contributed by atoms with Crippen LogP contribution in [0.4, 0.5) is 10.1 Å². The molecule has 0 aromatic heterocycles. The van der Waals surface area contributed by atoms with Crippen LogP contribution in [0.2, 0.25) is 0 Å². The third-order valence-corrected chi connectivity index (χ3v) is 2.63. The third kappa shape index (κ3) is 3.81. The smallest absolute Gasteiger partial charge is 0.146 e. The van der Waals surface area contributed by atoms with Gasteiger partial charge < -0.3 is 10.1 Å². The number of hydrogen-bond acceptors (Lipinski definition) is 2. The predicted octanol–water partition coefficient (Wildman–Crippen LogP) is 3.44. The summed E-state index contributed by atoms with van der Waals surface area (Å²) in [5.41, 5.74) is 0.347. The van der Waals surface area contributed by atoms with E-state index in [1.807, 2.05) is 26.8 Å². The van der Waals surface area contributed by atoms with Crippen LogP contribution in [-0.4, -0.2) is 18.8 Å². The Bertz CT molecular complexity index is 338. The summed E-state index contributed by atoms with van der Waals surface area (Å²) < 4.78 is 18.7. The maximum absolute atomic E-state index is 13.4. The Hall–Kier alpha value is -1.09. The van der Waals surface area contributed by atoms with Crippen LogP contribution >= 0.6 is 0 Å². The number of nitrogens with one attached hydrogen (secondary N) is 1. The Balaban J connectivity index is 2.58. The van der Waals surface area contributed by atoms with Crippen LogP contribution in [0, 0.1) is 5.82 Å². The van der Waals surface area contributed by atoms with Gasteiger partial charge in [-0.05, 0) is 39.3 Å². The molecule has 0 aliphatic carbocycles. The Morgan fingerprint density at radius 1 is 1.38 bits per heavy atom. The van der Waals surface area contributed by atoms with Gasteiger partial charge in [0.2, 0.25) is 0 Å². The maximum atomic E-state index is 13.4. The van der Waals surface area contributed by atoms with Gasteiger partial charge in [0.1, 0.15) is 5.82 Å². The summed E-state index contributed by atoms with van der Waals surface area (Å²) >= 11 is 0. The molecule has 1 N–H and O–H groups in total. The molecule has 0 saturated heterocycles. The number of hydrogen-bond donors (Lipinski definition) is 1. The minimum Gasteiger partial charge on any atom is -0.380 e. The molecule has 0 aliphatic rings. The summed E-state index contributed by atoms with van der Waals surface area (Å²) in [6.07, 6.45) is 0.817. The molecule has 0 bridgehead atoms. The minimum absolute atomic E-state index is 0.159. The highest BCUT2D eigenvalue weighted by molar-refractivity contribution is 5.45. The molecular formula is C13H20FNO. The quantitative estimate of drug-likeness (QED) is 0.828. The van der Waals surface area contributed by atoms with Crippen molar-refractivity contribution in [3.8, 4) is 0 Å². The van der Waals surface area contributed by atoms with Crippen LogP contribution in [0.1, 0.15) is 27.2 Å².